The summed E-state index contributed by atoms with van der Waals surface area (Å²) in [5.74, 6) is 0.687. The first-order valence-electron chi connectivity index (χ1n) is 5.65. The van der Waals surface area contributed by atoms with Gasteiger partial charge >= 0.3 is 0 Å². The second-order valence-electron chi connectivity index (χ2n) is 4.56. The van der Waals surface area contributed by atoms with Crippen LogP contribution < -0.4 is 0 Å². The number of carbonyl (C=O) groups excluding carboxylic acids is 1. The van der Waals surface area contributed by atoms with E-state index in [9.17, 15) is 4.79 Å². The third-order valence-electron chi connectivity index (χ3n) is 2.59. The van der Waals surface area contributed by atoms with Crippen molar-refractivity contribution in [2.45, 2.75) is 40.0 Å². The highest BCUT2D eigenvalue weighted by Crippen LogP contribution is 2.15. The average molecular weight is 204 g/mol. The van der Waals surface area contributed by atoms with Crippen LogP contribution in [0.2, 0.25) is 0 Å². The third-order valence-corrected chi connectivity index (χ3v) is 2.59. The molecule has 82 valence electrons. The van der Waals surface area contributed by atoms with E-state index in [1.165, 1.54) is 16.7 Å². The molecule has 1 nitrogen and oxygen atoms in total. The van der Waals surface area contributed by atoms with Crippen molar-refractivity contribution >= 4 is 6.29 Å². The van der Waals surface area contributed by atoms with Crippen LogP contribution in [0.3, 0.4) is 0 Å². The largest absolute Gasteiger partial charge is 0.303 e. The highest BCUT2D eigenvalue weighted by atomic mass is 16.1. The van der Waals surface area contributed by atoms with Crippen molar-refractivity contribution < 1.29 is 4.79 Å². The number of aryl methyl sites for hydroxylation is 2. The molecule has 1 heteroatoms. The van der Waals surface area contributed by atoms with Gasteiger partial charge in [-0.1, -0.05) is 32.0 Å². The van der Waals surface area contributed by atoms with Gasteiger partial charge in [-0.3, -0.25) is 0 Å². The molecule has 0 radical (unpaired) electrons. The molecule has 0 unspecified atom stereocenters. The third kappa shape index (κ3) is 3.86. The summed E-state index contributed by atoms with van der Waals surface area (Å²) in [7, 11) is 0. The molecule has 0 aliphatic rings. The maximum atomic E-state index is 10.4. The average Bonchev–Trinajstić information content (AvgIpc) is 2.18. The monoisotopic (exact) mass is 204 g/mol. The van der Waals surface area contributed by atoms with Gasteiger partial charge in [0.05, 0.1) is 0 Å². The molecule has 1 aromatic carbocycles. The van der Waals surface area contributed by atoms with Crippen molar-refractivity contribution in [2.24, 2.45) is 5.92 Å². The van der Waals surface area contributed by atoms with Crippen molar-refractivity contribution in [3.63, 3.8) is 0 Å². The van der Waals surface area contributed by atoms with Gasteiger partial charge in [-0.2, -0.15) is 0 Å². The van der Waals surface area contributed by atoms with E-state index >= 15 is 0 Å². The Kier molecular flexibility index (Phi) is 4.54. The summed E-state index contributed by atoms with van der Waals surface area (Å²) in [6, 6.07) is 6.61. The second-order valence-corrected chi connectivity index (χ2v) is 4.56. The van der Waals surface area contributed by atoms with Gasteiger partial charge in [0.25, 0.3) is 0 Å². The molecule has 0 atom stereocenters. The van der Waals surface area contributed by atoms with E-state index in [1.54, 1.807) is 0 Å². The second kappa shape index (κ2) is 5.69. The summed E-state index contributed by atoms with van der Waals surface area (Å²) in [4.78, 5) is 10.4. The molecule has 0 aliphatic carbocycles. The number of carbonyl (C=O) groups is 1. The zero-order valence-electron chi connectivity index (χ0n) is 9.92. The number of hydrogen-bond acceptors (Lipinski definition) is 1. The van der Waals surface area contributed by atoms with Crippen LogP contribution >= 0.6 is 0 Å². The normalized spacial score (nSPS) is 10.7. The van der Waals surface area contributed by atoms with Crippen molar-refractivity contribution in [2.75, 3.05) is 0 Å². The van der Waals surface area contributed by atoms with Crippen LogP contribution in [0.5, 0.6) is 0 Å². The number of hydrogen-bond donors (Lipinski definition) is 0. The molecule has 0 saturated carbocycles. The van der Waals surface area contributed by atoms with Gasteiger partial charge in [0.15, 0.2) is 0 Å². The zero-order valence-corrected chi connectivity index (χ0v) is 9.92. The first-order valence-corrected chi connectivity index (χ1v) is 5.65. The lowest BCUT2D eigenvalue weighted by Crippen LogP contribution is -1.97. The standard InChI is InChI=1S/C14H20O/c1-11(2)9-13-7-6-12(3)14(10-13)5-4-8-15/h6-8,10-11H,4-5,9H2,1-3H3. The SMILES string of the molecule is Cc1ccc(CC(C)C)cc1CCC=O. The quantitative estimate of drug-likeness (QED) is 0.672. The van der Waals surface area contributed by atoms with Crippen molar-refractivity contribution in [1.29, 1.82) is 0 Å². The molecule has 0 aromatic heterocycles. The minimum Gasteiger partial charge on any atom is -0.303 e. The summed E-state index contributed by atoms with van der Waals surface area (Å²) in [6.07, 6.45) is 3.62. The van der Waals surface area contributed by atoms with Gasteiger partial charge in [-0.25, -0.2) is 0 Å². The molecule has 0 spiro atoms. The summed E-state index contributed by atoms with van der Waals surface area (Å²) in [5, 5.41) is 0. The lowest BCUT2D eigenvalue weighted by Gasteiger charge is -2.09. The molecule has 0 fully saturated rings. The maximum Gasteiger partial charge on any atom is 0.120 e. The lowest BCUT2D eigenvalue weighted by atomic mass is 9.96. The molecule has 0 heterocycles. The fourth-order valence-electron chi connectivity index (χ4n) is 1.81. The fraction of sp³-hybridized carbons (Fsp3) is 0.500. The summed E-state index contributed by atoms with van der Waals surface area (Å²) >= 11 is 0. The minimum atomic E-state index is 0.631. The van der Waals surface area contributed by atoms with Crippen LogP contribution in [-0.2, 0) is 17.6 Å². The van der Waals surface area contributed by atoms with Gasteiger partial charge in [0, 0.05) is 6.42 Å². The molecule has 0 aliphatic heterocycles. The van der Waals surface area contributed by atoms with E-state index in [0.717, 1.165) is 19.1 Å². The Balaban J connectivity index is 2.79. The van der Waals surface area contributed by atoms with Crippen molar-refractivity contribution in [3.8, 4) is 0 Å². The summed E-state index contributed by atoms with van der Waals surface area (Å²) in [6.45, 7) is 6.56. The molecule has 15 heavy (non-hydrogen) atoms. The smallest absolute Gasteiger partial charge is 0.120 e. The van der Waals surface area contributed by atoms with Gasteiger partial charge in [0.1, 0.15) is 6.29 Å². The van der Waals surface area contributed by atoms with Crippen molar-refractivity contribution in [1.82, 2.24) is 0 Å². The van der Waals surface area contributed by atoms with Crippen LogP contribution in [0, 0.1) is 12.8 Å². The Labute approximate surface area is 92.5 Å². The Morgan fingerprint density at radius 2 is 2.07 bits per heavy atom. The molecule has 0 saturated heterocycles. The highest BCUT2D eigenvalue weighted by molar-refractivity contribution is 5.50. The van der Waals surface area contributed by atoms with Crippen LogP contribution in [-0.4, -0.2) is 6.29 Å². The van der Waals surface area contributed by atoms with Crippen LogP contribution in [0.1, 0.15) is 37.0 Å². The topological polar surface area (TPSA) is 17.1 Å². The number of benzene rings is 1. The fourth-order valence-corrected chi connectivity index (χ4v) is 1.81. The Morgan fingerprint density at radius 1 is 1.33 bits per heavy atom. The van der Waals surface area contributed by atoms with E-state index in [-0.39, 0.29) is 0 Å². The molecular formula is C14H20O. The van der Waals surface area contributed by atoms with Crippen LogP contribution in [0.4, 0.5) is 0 Å². The number of rotatable bonds is 5. The van der Waals surface area contributed by atoms with E-state index in [2.05, 4.69) is 39.0 Å². The Bertz CT molecular complexity index is 326. The van der Waals surface area contributed by atoms with E-state index < -0.39 is 0 Å². The van der Waals surface area contributed by atoms with Gasteiger partial charge in [0.2, 0.25) is 0 Å². The van der Waals surface area contributed by atoms with Gasteiger partial charge in [-0.15, -0.1) is 0 Å². The first kappa shape index (κ1) is 12.0. The Hall–Kier alpha value is -1.11. The lowest BCUT2D eigenvalue weighted by molar-refractivity contribution is -0.107. The van der Waals surface area contributed by atoms with E-state index in [4.69, 9.17) is 0 Å². The van der Waals surface area contributed by atoms with Crippen molar-refractivity contribution in [3.05, 3.63) is 34.9 Å². The number of aldehydes is 1. The highest BCUT2D eigenvalue weighted by Gasteiger charge is 2.02. The molecule has 0 N–H and O–H groups in total. The molecule has 0 bridgehead atoms. The molecule has 1 rings (SSSR count). The minimum absolute atomic E-state index is 0.631. The molecular weight excluding hydrogens is 184 g/mol. The predicted octanol–water partition coefficient (Wildman–Crippen LogP) is 3.33. The predicted molar refractivity (Wildman–Crippen MR) is 64.1 cm³/mol. The van der Waals surface area contributed by atoms with Crippen LogP contribution in [0.15, 0.2) is 18.2 Å². The summed E-state index contributed by atoms with van der Waals surface area (Å²) < 4.78 is 0. The van der Waals surface area contributed by atoms with Crippen LogP contribution in [0.25, 0.3) is 0 Å². The zero-order chi connectivity index (χ0) is 11.3. The molecule has 0 amide bonds. The first-order chi connectivity index (χ1) is 7.13. The Morgan fingerprint density at radius 3 is 2.67 bits per heavy atom. The van der Waals surface area contributed by atoms with E-state index in [1.807, 2.05) is 0 Å². The van der Waals surface area contributed by atoms with Gasteiger partial charge in [-0.05, 0) is 42.4 Å². The summed E-state index contributed by atoms with van der Waals surface area (Å²) in [5.41, 5.74) is 4.00. The maximum absolute atomic E-state index is 10.4. The molecule has 1 aromatic rings. The van der Waals surface area contributed by atoms with Gasteiger partial charge < -0.3 is 4.79 Å². The van der Waals surface area contributed by atoms with E-state index in [0.29, 0.717) is 12.3 Å².